The van der Waals surface area contributed by atoms with Crippen LogP contribution in [-0.4, -0.2) is 31.5 Å². The van der Waals surface area contributed by atoms with Crippen LogP contribution in [0.1, 0.15) is 17.5 Å². The van der Waals surface area contributed by atoms with Gasteiger partial charge in [-0.2, -0.15) is 0 Å². The number of carbonyl (C=O) groups is 1. The number of rotatable bonds is 8. The molecule has 0 aliphatic rings. The maximum atomic E-state index is 12.1. The normalized spacial score (nSPS) is 10.3. The number of methoxy groups -OCH3 is 1. The summed E-state index contributed by atoms with van der Waals surface area (Å²) in [5, 5.41) is 3.30. The first kappa shape index (κ1) is 17.0. The Labute approximate surface area is 138 Å². The van der Waals surface area contributed by atoms with Crippen LogP contribution in [0, 0.1) is 0 Å². The van der Waals surface area contributed by atoms with Crippen LogP contribution in [0.2, 0.25) is 0 Å². The number of nitrogens with zero attached hydrogens (tertiary/aromatic N) is 1. The second kappa shape index (κ2) is 8.96. The fourth-order valence-electron chi connectivity index (χ4n) is 2.40. The zero-order valence-corrected chi connectivity index (χ0v) is 13.8. The Hall–Kier alpha value is -2.33. The average molecular weight is 312 g/mol. The maximum Gasteiger partial charge on any atom is 0.223 e. The number of benzene rings is 2. The quantitative estimate of drug-likeness (QED) is 0.762. The van der Waals surface area contributed by atoms with E-state index in [1.165, 1.54) is 0 Å². The largest absolute Gasteiger partial charge is 0.496 e. The third-order valence-electron chi connectivity index (χ3n) is 3.71. The number of hydrogen-bond donors (Lipinski definition) is 1. The molecule has 0 heterocycles. The van der Waals surface area contributed by atoms with Crippen molar-refractivity contribution in [2.24, 2.45) is 0 Å². The molecule has 122 valence electrons. The van der Waals surface area contributed by atoms with E-state index in [1.54, 1.807) is 12.0 Å². The monoisotopic (exact) mass is 312 g/mol. The Morgan fingerprint density at radius 2 is 1.78 bits per heavy atom. The number of ether oxygens (including phenoxy) is 1. The zero-order valence-electron chi connectivity index (χ0n) is 13.8. The smallest absolute Gasteiger partial charge is 0.223 e. The fraction of sp³-hybridized carbons (Fsp3) is 0.316. The van der Waals surface area contributed by atoms with Crippen molar-refractivity contribution in [2.45, 2.75) is 19.5 Å². The number of nitrogens with one attached hydrogen (secondary N) is 1. The molecule has 0 saturated carbocycles. The van der Waals surface area contributed by atoms with E-state index in [2.05, 4.69) is 5.32 Å². The van der Waals surface area contributed by atoms with Crippen molar-refractivity contribution in [1.82, 2.24) is 10.2 Å². The molecule has 0 radical (unpaired) electrons. The minimum atomic E-state index is 0.140. The van der Waals surface area contributed by atoms with Gasteiger partial charge in [0.05, 0.1) is 7.11 Å². The van der Waals surface area contributed by atoms with E-state index in [-0.39, 0.29) is 5.91 Å². The standard InChI is InChI=1S/C19H24N2O2/c1-21(15-16-8-4-3-5-9-16)19(22)12-13-20-14-17-10-6-7-11-18(17)23-2/h3-11,20H,12-15H2,1-2H3. The van der Waals surface area contributed by atoms with Crippen LogP contribution >= 0.6 is 0 Å². The van der Waals surface area contributed by atoms with Gasteiger partial charge in [0.15, 0.2) is 0 Å². The highest BCUT2D eigenvalue weighted by Gasteiger charge is 2.09. The summed E-state index contributed by atoms with van der Waals surface area (Å²) in [5.41, 5.74) is 2.24. The second-order valence-corrected chi connectivity index (χ2v) is 5.47. The maximum absolute atomic E-state index is 12.1. The van der Waals surface area contributed by atoms with Gasteiger partial charge in [0.2, 0.25) is 5.91 Å². The Balaban J connectivity index is 1.72. The molecule has 2 rings (SSSR count). The highest BCUT2D eigenvalue weighted by Crippen LogP contribution is 2.16. The molecule has 4 nitrogen and oxygen atoms in total. The van der Waals surface area contributed by atoms with E-state index in [4.69, 9.17) is 4.74 Å². The SMILES string of the molecule is COc1ccccc1CNCCC(=O)N(C)Cc1ccccc1. The van der Waals surface area contributed by atoms with E-state index < -0.39 is 0 Å². The van der Waals surface area contributed by atoms with Gasteiger partial charge >= 0.3 is 0 Å². The molecule has 0 fully saturated rings. The van der Waals surface area contributed by atoms with E-state index in [0.717, 1.165) is 16.9 Å². The summed E-state index contributed by atoms with van der Waals surface area (Å²) >= 11 is 0. The number of carbonyl (C=O) groups excluding carboxylic acids is 1. The van der Waals surface area contributed by atoms with E-state index >= 15 is 0 Å². The molecule has 2 aromatic carbocycles. The molecule has 0 unspecified atom stereocenters. The van der Waals surface area contributed by atoms with E-state index in [1.807, 2.05) is 61.6 Å². The first-order chi connectivity index (χ1) is 11.2. The molecule has 0 bridgehead atoms. The van der Waals surface area contributed by atoms with Gasteiger partial charge < -0.3 is 15.0 Å². The predicted octanol–water partition coefficient (Wildman–Crippen LogP) is 2.83. The lowest BCUT2D eigenvalue weighted by Gasteiger charge is -2.17. The Bertz CT molecular complexity index is 614. The van der Waals surface area contributed by atoms with E-state index in [0.29, 0.717) is 26.1 Å². The van der Waals surface area contributed by atoms with Crippen LogP contribution in [0.5, 0.6) is 5.75 Å². The minimum absolute atomic E-state index is 0.140. The van der Waals surface area contributed by atoms with Gasteiger partial charge in [-0.05, 0) is 11.6 Å². The van der Waals surface area contributed by atoms with Crippen LogP contribution in [-0.2, 0) is 17.9 Å². The second-order valence-electron chi connectivity index (χ2n) is 5.47. The Kier molecular flexibility index (Phi) is 6.63. The molecule has 23 heavy (non-hydrogen) atoms. The van der Waals surface area contributed by atoms with Crippen LogP contribution < -0.4 is 10.1 Å². The predicted molar refractivity (Wildman–Crippen MR) is 92.2 cm³/mol. The number of hydrogen-bond acceptors (Lipinski definition) is 3. The average Bonchev–Trinajstić information content (AvgIpc) is 2.59. The molecule has 0 atom stereocenters. The molecule has 0 aliphatic heterocycles. The summed E-state index contributed by atoms with van der Waals surface area (Å²) in [6, 6.07) is 17.9. The number of amides is 1. The lowest BCUT2D eigenvalue weighted by molar-refractivity contribution is -0.130. The molecule has 0 aromatic heterocycles. The highest BCUT2D eigenvalue weighted by atomic mass is 16.5. The van der Waals surface area contributed by atoms with Gasteiger partial charge in [-0.1, -0.05) is 48.5 Å². The summed E-state index contributed by atoms with van der Waals surface area (Å²) in [6.07, 6.45) is 0.485. The van der Waals surface area contributed by atoms with Gasteiger partial charge in [0.25, 0.3) is 0 Å². The number of para-hydroxylation sites is 1. The zero-order chi connectivity index (χ0) is 16.5. The van der Waals surface area contributed by atoms with Crippen LogP contribution in [0.15, 0.2) is 54.6 Å². The molecule has 1 N–H and O–H groups in total. The Morgan fingerprint density at radius 1 is 1.09 bits per heavy atom. The topological polar surface area (TPSA) is 41.6 Å². The van der Waals surface area contributed by atoms with Crippen molar-refractivity contribution in [3.63, 3.8) is 0 Å². The van der Waals surface area contributed by atoms with Gasteiger partial charge in [-0.3, -0.25) is 4.79 Å². The van der Waals surface area contributed by atoms with Crippen molar-refractivity contribution in [2.75, 3.05) is 20.7 Å². The molecule has 2 aromatic rings. The van der Waals surface area contributed by atoms with Crippen molar-refractivity contribution < 1.29 is 9.53 Å². The highest BCUT2D eigenvalue weighted by molar-refractivity contribution is 5.76. The summed E-state index contributed by atoms with van der Waals surface area (Å²) in [7, 11) is 3.51. The lowest BCUT2D eigenvalue weighted by atomic mass is 10.2. The fourth-order valence-corrected chi connectivity index (χ4v) is 2.40. The van der Waals surface area contributed by atoms with Gasteiger partial charge in [-0.15, -0.1) is 0 Å². The molecular formula is C19H24N2O2. The van der Waals surface area contributed by atoms with Gasteiger partial charge in [0.1, 0.15) is 5.75 Å². The molecule has 1 amide bonds. The third kappa shape index (κ3) is 5.42. The van der Waals surface area contributed by atoms with Gasteiger partial charge in [0, 0.05) is 38.7 Å². The molecule has 0 aliphatic carbocycles. The van der Waals surface area contributed by atoms with Gasteiger partial charge in [-0.25, -0.2) is 0 Å². The van der Waals surface area contributed by atoms with Crippen molar-refractivity contribution in [1.29, 1.82) is 0 Å². The van der Waals surface area contributed by atoms with Crippen molar-refractivity contribution in [3.8, 4) is 5.75 Å². The molecule has 0 saturated heterocycles. The van der Waals surface area contributed by atoms with Crippen molar-refractivity contribution >= 4 is 5.91 Å². The first-order valence-corrected chi connectivity index (χ1v) is 7.81. The molecular weight excluding hydrogens is 288 g/mol. The summed E-state index contributed by atoms with van der Waals surface area (Å²) < 4.78 is 5.31. The lowest BCUT2D eigenvalue weighted by Crippen LogP contribution is -2.29. The Morgan fingerprint density at radius 3 is 2.52 bits per heavy atom. The summed E-state index contributed by atoms with van der Waals surface area (Å²) in [6.45, 7) is 1.99. The van der Waals surface area contributed by atoms with Crippen LogP contribution in [0.3, 0.4) is 0 Å². The van der Waals surface area contributed by atoms with Crippen molar-refractivity contribution in [3.05, 3.63) is 65.7 Å². The molecule has 0 spiro atoms. The summed E-state index contributed by atoms with van der Waals surface area (Å²) in [5.74, 6) is 1.01. The first-order valence-electron chi connectivity index (χ1n) is 7.81. The molecule has 4 heteroatoms. The van der Waals surface area contributed by atoms with E-state index in [9.17, 15) is 4.79 Å². The minimum Gasteiger partial charge on any atom is -0.496 e. The van der Waals surface area contributed by atoms with Crippen LogP contribution in [0.4, 0.5) is 0 Å². The summed E-state index contributed by atoms with van der Waals surface area (Å²) in [4.78, 5) is 13.9. The third-order valence-corrected chi connectivity index (χ3v) is 3.71. The van der Waals surface area contributed by atoms with Crippen LogP contribution in [0.25, 0.3) is 0 Å².